The Balaban J connectivity index is 0.00000338. The molecular weight excluding hydrogens is 441 g/mol. The number of hydrogen-bond donors (Lipinski definition) is 2. The first-order chi connectivity index (χ1) is 11.9. The first-order valence-corrected chi connectivity index (χ1v) is 8.33. The Morgan fingerprint density at radius 2 is 1.77 bits per heavy atom. The van der Waals surface area contributed by atoms with Crippen molar-refractivity contribution >= 4 is 35.6 Å². The van der Waals surface area contributed by atoms with Crippen LogP contribution in [0.5, 0.6) is 11.5 Å². The Kier molecular flexibility index (Phi) is 8.71. The highest BCUT2D eigenvalue weighted by Gasteiger charge is 2.13. The summed E-state index contributed by atoms with van der Waals surface area (Å²) in [6, 6.07) is 15.7. The van der Waals surface area contributed by atoms with Crippen molar-refractivity contribution < 1.29 is 9.47 Å². The van der Waals surface area contributed by atoms with Gasteiger partial charge in [-0.1, -0.05) is 39.0 Å². The summed E-state index contributed by atoms with van der Waals surface area (Å²) in [4.78, 5) is 4.28. The number of ether oxygens (including phenoxy) is 2. The summed E-state index contributed by atoms with van der Waals surface area (Å²) in [7, 11) is 1.63. The SMILES string of the molecule is COc1cccc(NC(N)=NCCOc2cccc(C(C)(C)C)c2)c1.I. The molecule has 0 aliphatic carbocycles. The van der Waals surface area contributed by atoms with Gasteiger partial charge in [0.15, 0.2) is 5.96 Å². The van der Waals surface area contributed by atoms with Crippen molar-refractivity contribution in [3.8, 4) is 11.5 Å². The molecule has 0 saturated heterocycles. The maximum Gasteiger partial charge on any atom is 0.193 e. The van der Waals surface area contributed by atoms with Gasteiger partial charge in [0.1, 0.15) is 18.1 Å². The summed E-state index contributed by atoms with van der Waals surface area (Å²) < 4.78 is 10.9. The van der Waals surface area contributed by atoms with Crippen molar-refractivity contribution in [2.45, 2.75) is 26.2 Å². The number of nitrogens with zero attached hydrogens (tertiary/aromatic N) is 1. The van der Waals surface area contributed by atoms with Crippen LogP contribution in [0, 0.1) is 0 Å². The van der Waals surface area contributed by atoms with Crippen LogP contribution < -0.4 is 20.5 Å². The second-order valence-electron chi connectivity index (χ2n) is 6.75. The van der Waals surface area contributed by atoms with Gasteiger partial charge in [-0.05, 0) is 35.2 Å². The van der Waals surface area contributed by atoms with Crippen molar-refractivity contribution in [3.05, 3.63) is 54.1 Å². The van der Waals surface area contributed by atoms with E-state index in [2.05, 4.69) is 43.2 Å². The van der Waals surface area contributed by atoms with E-state index in [-0.39, 0.29) is 29.4 Å². The summed E-state index contributed by atoms with van der Waals surface area (Å²) in [5.74, 6) is 1.96. The molecule has 0 aromatic heterocycles. The van der Waals surface area contributed by atoms with Crippen LogP contribution in [0.15, 0.2) is 53.5 Å². The number of methoxy groups -OCH3 is 1. The molecule has 142 valence electrons. The third-order valence-electron chi connectivity index (χ3n) is 3.68. The minimum Gasteiger partial charge on any atom is -0.497 e. The van der Waals surface area contributed by atoms with Crippen LogP contribution in [0.3, 0.4) is 0 Å². The minimum absolute atomic E-state index is 0. The second kappa shape index (κ2) is 10.3. The molecule has 3 N–H and O–H groups in total. The van der Waals surface area contributed by atoms with E-state index in [0.717, 1.165) is 17.2 Å². The van der Waals surface area contributed by atoms with Gasteiger partial charge in [-0.2, -0.15) is 0 Å². The summed E-state index contributed by atoms with van der Waals surface area (Å²) in [5.41, 5.74) is 8.08. The molecule has 26 heavy (non-hydrogen) atoms. The average molecular weight is 469 g/mol. The van der Waals surface area contributed by atoms with Crippen LogP contribution in [0.1, 0.15) is 26.3 Å². The van der Waals surface area contributed by atoms with Gasteiger partial charge in [-0.25, -0.2) is 4.99 Å². The van der Waals surface area contributed by atoms with Crippen LogP contribution in [-0.4, -0.2) is 26.2 Å². The molecule has 0 spiro atoms. The Hall–Kier alpha value is -1.96. The first kappa shape index (κ1) is 22.1. The van der Waals surface area contributed by atoms with E-state index in [1.165, 1.54) is 5.56 Å². The fourth-order valence-electron chi connectivity index (χ4n) is 2.27. The summed E-state index contributed by atoms with van der Waals surface area (Å²) in [6.07, 6.45) is 0. The summed E-state index contributed by atoms with van der Waals surface area (Å²) >= 11 is 0. The Morgan fingerprint density at radius 3 is 2.46 bits per heavy atom. The van der Waals surface area contributed by atoms with Gasteiger partial charge in [0.25, 0.3) is 0 Å². The molecule has 2 rings (SSSR count). The highest BCUT2D eigenvalue weighted by Crippen LogP contribution is 2.25. The topological polar surface area (TPSA) is 68.9 Å². The summed E-state index contributed by atoms with van der Waals surface area (Å²) in [6.45, 7) is 7.49. The third-order valence-corrected chi connectivity index (χ3v) is 3.68. The number of guanidine groups is 1. The molecule has 0 aliphatic heterocycles. The Bertz CT molecular complexity index is 727. The Morgan fingerprint density at radius 1 is 1.08 bits per heavy atom. The van der Waals surface area contributed by atoms with Crippen molar-refractivity contribution in [3.63, 3.8) is 0 Å². The zero-order chi connectivity index (χ0) is 18.3. The van der Waals surface area contributed by atoms with Crippen molar-refractivity contribution in [1.82, 2.24) is 0 Å². The number of anilines is 1. The molecule has 0 bridgehead atoms. The monoisotopic (exact) mass is 469 g/mol. The molecule has 0 amide bonds. The van der Waals surface area contributed by atoms with E-state index in [4.69, 9.17) is 15.2 Å². The number of hydrogen-bond acceptors (Lipinski definition) is 3. The molecule has 0 fully saturated rings. The quantitative estimate of drug-likeness (QED) is 0.285. The molecule has 6 heteroatoms. The molecular formula is C20H28IN3O2. The second-order valence-corrected chi connectivity index (χ2v) is 6.75. The molecule has 0 radical (unpaired) electrons. The normalized spacial score (nSPS) is 11.5. The highest BCUT2D eigenvalue weighted by molar-refractivity contribution is 14.0. The van der Waals surface area contributed by atoms with Gasteiger partial charge in [-0.3, -0.25) is 0 Å². The van der Waals surface area contributed by atoms with Crippen LogP contribution in [0.2, 0.25) is 0 Å². The molecule has 0 atom stereocenters. The number of nitrogens with two attached hydrogens (primary N) is 1. The fraction of sp³-hybridized carbons (Fsp3) is 0.350. The van der Waals surface area contributed by atoms with Gasteiger partial charge >= 0.3 is 0 Å². The smallest absolute Gasteiger partial charge is 0.193 e. The Labute approximate surface area is 173 Å². The number of benzene rings is 2. The van der Waals surface area contributed by atoms with Crippen LogP contribution >= 0.6 is 24.0 Å². The van der Waals surface area contributed by atoms with Gasteiger partial charge < -0.3 is 20.5 Å². The van der Waals surface area contributed by atoms with Gasteiger partial charge in [0.05, 0.1) is 13.7 Å². The number of nitrogens with one attached hydrogen (secondary N) is 1. The lowest BCUT2D eigenvalue weighted by atomic mass is 9.87. The highest BCUT2D eigenvalue weighted by atomic mass is 127. The first-order valence-electron chi connectivity index (χ1n) is 8.33. The number of rotatable bonds is 6. The van der Waals surface area contributed by atoms with Gasteiger partial charge in [0, 0.05) is 11.8 Å². The average Bonchev–Trinajstić information content (AvgIpc) is 2.58. The zero-order valence-electron chi connectivity index (χ0n) is 15.8. The van der Waals surface area contributed by atoms with E-state index in [9.17, 15) is 0 Å². The van der Waals surface area contributed by atoms with E-state index in [0.29, 0.717) is 19.1 Å². The summed E-state index contributed by atoms with van der Waals surface area (Å²) in [5, 5.41) is 3.04. The molecule has 0 saturated carbocycles. The zero-order valence-corrected chi connectivity index (χ0v) is 18.1. The molecule has 0 aliphatic rings. The van der Waals surface area contributed by atoms with Crippen molar-refractivity contribution in [2.75, 3.05) is 25.6 Å². The number of halogens is 1. The molecule has 0 unspecified atom stereocenters. The van der Waals surface area contributed by atoms with Crippen molar-refractivity contribution in [1.29, 1.82) is 0 Å². The van der Waals surface area contributed by atoms with E-state index in [1.807, 2.05) is 36.4 Å². The largest absolute Gasteiger partial charge is 0.497 e. The van der Waals surface area contributed by atoms with Crippen LogP contribution in [0.25, 0.3) is 0 Å². The third kappa shape index (κ3) is 7.11. The molecule has 0 heterocycles. The van der Waals surface area contributed by atoms with E-state index < -0.39 is 0 Å². The predicted octanol–water partition coefficient (Wildman–Crippen LogP) is 4.42. The van der Waals surface area contributed by atoms with Gasteiger partial charge in [-0.15, -0.1) is 24.0 Å². The predicted molar refractivity (Wildman–Crippen MR) is 119 cm³/mol. The molecule has 5 nitrogen and oxygen atoms in total. The maximum absolute atomic E-state index is 5.90. The minimum atomic E-state index is 0. The maximum atomic E-state index is 5.90. The van der Waals surface area contributed by atoms with Crippen molar-refractivity contribution in [2.24, 2.45) is 10.7 Å². The van der Waals surface area contributed by atoms with E-state index in [1.54, 1.807) is 7.11 Å². The van der Waals surface area contributed by atoms with E-state index >= 15 is 0 Å². The number of aliphatic imine (C=N–C) groups is 1. The molecule has 2 aromatic rings. The van der Waals surface area contributed by atoms with Crippen LogP contribution in [0.4, 0.5) is 5.69 Å². The van der Waals surface area contributed by atoms with Gasteiger partial charge in [0.2, 0.25) is 0 Å². The fourth-order valence-corrected chi connectivity index (χ4v) is 2.27. The lowest BCUT2D eigenvalue weighted by molar-refractivity contribution is 0.328. The molecule has 2 aromatic carbocycles. The standard InChI is InChI=1S/C20H27N3O2.HI/c1-20(2,3)15-7-5-10-18(13-15)25-12-11-22-19(21)23-16-8-6-9-17(14-16)24-4;/h5-10,13-14H,11-12H2,1-4H3,(H3,21,22,23);1H. The van der Waals surface area contributed by atoms with Crippen LogP contribution in [-0.2, 0) is 5.41 Å². The lowest BCUT2D eigenvalue weighted by Crippen LogP contribution is -2.23. The lowest BCUT2D eigenvalue weighted by Gasteiger charge is -2.19.